The summed E-state index contributed by atoms with van der Waals surface area (Å²) in [5.74, 6) is -1.04. The first-order valence-corrected chi connectivity index (χ1v) is 7.72. The number of carbonyl (C=O) groups is 1. The molecule has 0 spiro atoms. The van der Waals surface area contributed by atoms with E-state index < -0.39 is 28.6 Å². The molecule has 3 N–H and O–H groups in total. The summed E-state index contributed by atoms with van der Waals surface area (Å²) in [4.78, 5) is 10.9. The van der Waals surface area contributed by atoms with Crippen LogP contribution in [0.3, 0.4) is 0 Å². The Labute approximate surface area is 118 Å². The van der Waals surface area contributed by atoms with Crippen molar-refractivity contribution in [2.45, 2.75) is 37.1 Å². The SMILES string of the molecule is CC(C)c1ccc(S(=O)(=O)N[C@H](CCO)C(=O)O)cc1. The molecular weight excluding hydrogens is 282 g/mol. The summed E-state index contributed by atoms with van der Waals surface area (Å²) >= 11 is 0. The second-order valence-corrected chi connectivity index (χ2v) is 6.46. The summed E-state index contributed by atoms with van der Waals surface area (Å²) < 4.78 is 26.2. The van der Waals surface area contributed by atoms with Gasteiger partial charge in [0, 0.05) is 6.61 Å². The zero-order valence-corrected chi connectivity index (χ0v) is 12.2. The second-order valence-electron chi connectivity index (χ2n) is 4.75. The fourth-order valence-corrected chi connectivity index (χ4v) is 2.87. The Hall–Kier alpha value is -1.44. The average Bonchev–Trinajstić information content (AvgIpc) is 2.38. The number of benzene rings is 1. The van der Waals surface area contributed by atoms with E-state index in [4.69, 9.17) is 10.2 Å². The summed E-state index contributed by atoms with van der Waals surface area (Å²) in [6, 6.07) is 4.93. The normalized spacial score (nSPS) is 13.4. The molecule has 0 unspecified atom stereocenters. The second kappa shape index (κ2) is 6.83. The van der Waals surface area contributed by atoms with Gasteiger partial charge in [-0.25, -0.2) is 8.42 Å². The lowest BCUT2D eigenvalue weighted by Gasteiger charge is -2.14. The van der Waals surface area contributed by atoms with Crippen molar-refractivity contribution in [3.8, 4) is 0 Å². The molecule has 0 heterocycles. The largest absolute Gasteiger partial charge is 0.480 e. The van der Waals surface area contributed by atoms with Crippen molar-refractivity contribution in [2.75, 3.05) is 6.61 Å². The standard InChI is InChI=1S/C13H19NO5S/c1-9(2)10-3-5-11(6-4-10)20(18,19)14-12(7-8-15)13(16)17/h3-6,9,12,14-15H,7-8H2,1-2H3,(H,16,17)/t12-/m1/s1. The summed E-state index contributed by atoms with van der Waals surface area (Å²) in [5, 5.41) is 17.6. The van der Waals surface area contributed by atoms with Crippen LogP contribution in [0.15, 0.2) is 29.2 Å². The highest BCUT2D eigenvalue weighted by Crippen LogP contribution is 2.17. The lowest BCUT2D eigenvalue weighted by atomic mass is 10.0. The molecule has 112 valence electrons. The Morgan fingerprint density at radius 2 is 1.80 bits per heavy atom. The summed E-state index contributed by atoms with van der Waals surface area (Å²) in [6.45, 7) is 3.57. The number of sulfonamides is 1. The molecule has 0 aliphatic carbocycles. The van der Waals surface area contributed by atoms with Gasteiger partial charge in [-0.1, -0.05) is 26.0 Å². The molecule has 1 atom stereocenters. The molecule has 0 saturated carbocycles. The van der Waals surface area contributed by atoms with Crippen molar-refractivity contribution in [2.24, 2.45) is 0 Å². The number of aliphatic hydroxyl groups excluding tert-OH is 1. The lowest BCUT2D eigenvalue weighted by molar-refractivity contribution is -0.139. The molecule has 6 nitrogen and oxygen atoms in total. The number of carboxylic acid groups (broad SMARTS) is 1. The summed E-state index contributed by atoms with van der Waals surface area (Å²) in [7, 11) is -3.91. The monoisotopic (exact) mass is 301 g/mol. The molecule has 1 aromatic carbocycles. The van der Waals surface area contributed by atoms with Gasteiger partial charge in [-0.15, -0.1) is 0 Å². The van der Waals surface area contributed by atoms with Crippen molar-refractivity contribution in [1.82, 2.24) is 4.72 Å². The van der Waals surface area contributed by atoms with Gasteiger partial charge in [-0.2, -0.15) is 4.72 Å². The predicted molar refractivity (Wildman–Crippen MR) is 74.0 cm³/mol. The van der Waals surface area contributed by atoms with Gasteiger partial charge in [0.25, 0.3) is 0 Å². The van der Waals surface area contributed by atoms with Crippen molar-refractivity contribution in [3.05, 3.63) is 29.8 Å². The van der Waals surface area contributed by atoms with Crippen molar-refractivity contribution in [1.29, 1.82) is 0 Å². The van der Waals surface area contributed by atoms with Crippen molar-refractivity contribution >= 4 is 16.0 Å². The third-order valence-corrected chi connectivity index (χ3v) is 4.36. The van der Waals surface area contributed by atoms with Crippen LogP contribution >= 0.6 is 0 Å². The van der Waals surface area contributed by atoms with Gasteiger partial charge >= 0.3 is 5.97 Å². The highest BCUT2D eigenvalue weighted by atomic mass is 32.2. The van der Waals surface area contributed by atoms with Gasteiger partial charge in [-0.3, -0.25) is 4.79 Å². The van der Waals surface area contributed by atoms with Gasteiger partial charge in [0.05, 0.1) is 4.90 Å². The van der Waals surface area contributed by atoms with Crippen LogP contribution in [0.5, 0.6) is 0 Å². The quantitative estimate of drug-likeness (QED) is 0.695. The van der Waals surface area contributed by atoms with Crippen LogP contribution in [-0.4, -0.2) is 37.2 Å². The van der Waals surface area contributed by atoms with Crippen LogP contribution in [-0.2, 0) is 14.8 Å². The van der Waals surface area contributed by atoms with E-state index in [2.05, 4.69) is 4.72 Å². The van der Waals surface area contributed by atoms with Crippen LogP contribution in [0, 0.1) is 0 Å². The van der Waals surface area contributed by atoms with E-state index >= 15 is 0 Å². The zero-order chi connectivity index (χ0) is 15.3. The van der Waals surface area contributed by atoms with E-state index in [9.17, 15) is 13.2 Å². The lowest BCUT2D eigenvalue weighted by Crippen LogP contribution is -2.41. The van der Waals surface area contributed by atoms with Gasteiger partial charge in [0.1, 0.15) is 6.04 Å². The molecule has 0 radical (unpaired) electrons. The number of hydrogen-bond acceptors (Lipinski definition) is 4. The molecule has 0 fully saturated rings. The van der Waals surface area contributed by atoms with Crippen LogP contribution in [0.1, 0.15) is 31.7 Å². The predicted octanol–water partition coefficient (Wildman–Crippen LogP) is 0.924. The number of rotatable bonds is 7. The van der Waals surface area contributed by atoms with E-state index in [1.165, 1.54) is 12.1 Å². The Bertz CT molecular complexity index is 551. The molecule has 0 aliphatic heterocycles. The number of carboxylic acids is 1. The molecule has 1 rings (SSSR count). The fourth-order valence-electron chi connectivity index (χ4n) is 1.65. The van der Waals surface area contributed by atoms with Gasteiger partial charge in [0.15, 0.2) is 0 Å². The van der Waals surface area contributed by atoms with Crippen molar-refractivity contribution in [3.63, 3.8) is 0 Å². The minimum Gasteiger partial charge on any atom is -0.480 e. The Morgan fingerprint density at radius 3 is 2.20 bits per heavy atom. The van der Waals surface area contributed by atoms with Crippen molar-refractivity contribution < 1.29 is 23.4 Å². The number of aliphatic hydroxyl groups is 1. The minimum atomic E-state index is -3.91. The van der Waals surface area contributed by atoms with Crippen LogP contribution in [0.2, 0.25) is 0 Å². The fraction of sp³-hybridized carbons (Fsp3) is 0.462. The Morgan fingerprint density at radius 1 is 1.25 bits per heavy atom. The Kier molecular flexibility index (Phi) is 5.67. The van der Waals surface area contributed by atoms with Crippen LogP contribution < -0.4 is 4.72 Å². The highest BCUT2D eigenvalue weighted by molar-refractivity contribution is 7.89. The van der Waals surface area contributed by atoms with Crippen LogP contribution in [0.25, 0.3) is 0 Å². The minimum absolute atomic E-state index is 0.00564. The molecule has 0 bridgehead atoms. The van der Waals surface area contributed by atoms with E-state index in [-0.39, 0.29) is 17.2 Å². The first kappa shape index (κ1) is 16.6. The highest BCUT2D eigenvalue weighted by Gasteiger charge is 2.24. The van der Waals surface area contributed by atoms with Gasteiger partial charge in [0.2, 0.25) is 10.0 Å². The average molecular weight is 301 g/mol. The van der Waals surface area contributed by atoms with E-state index in [1.807, 2.05) is 13.8 Å². The van der Waals surface area contributed by atoms with E-state index in [1.54, 1.807) is 12.1 Å². The summed E-state index contributed by atoms with van der Waals surface area (Å²) in [6.07, 6.45) is -0.182. The third kappa shape index (κ3) is 4.29. The van der Waals surface area contributed by atoms with E-state index in [0.717, 1.165) is 5.56 Å². The van der Waals surface area contributed by atoms with E-state index in [0.29, 0.717) is 0 Å². The topological polar surface area (TPSA) is 104 Å². The maximum Gasteiger partial charge on any atom is 0.321 e. The molecule has 0 amide bonds. The number of nitrogens with one attached hydrogen (secondary N) is 1. The molecule has 0 saturated heterocycles. The molecule has 0 aliphatic rings. The molecule has 0 aromatic heterocycles. The zero-order valence-electron chi connectivity index (χ0n) is 11.4. The van der Waals surface area contributed by atoms with Crippen LogP contribution in [0.4, 0.5) is 0 Å². The summed E-state index contributed by atoms with van der Waals surface area (Å²) in [5.41, 5.74) is 0.995. The molecule has 7 heteroatoms. The molecule has 1 aromatic rings. The molecular formula is C13H19NO5S. The van der Waals surface area contributed by atoms with Gasteiger partial charge < -0.3 is 10.2 Å². The van der Waals surface area contributed by atoms with Gasteiger partial charge in [-0.05, 0) is 30.0 Å². The molecule has 20 heavy (non-hydrogen) atoms. The first-order chi connectivity index (χ1) is 9.27. The Balaban J connectivity index is 2.95. The third-order valence-electron chi connectivity index (χ3n) is 2.87. The first-order valence-electron chi connectivity index (χ1n) is 6.24. The maximum atomic E-state index is 12.0. The maximum absolute atomic E-state index is 12.0. The smallest absolute Gasteiger partial charge is 0.321 e. The number of hydrogen-bond donors (Lipinski definition) is 3. The number of aliphatic carboxylic acids is 1.